The Hall–Kier alpha value is -2.12. The van der Waals surface area contributed by atoms with Crippen LogP contribution >= 0.6 is 0 Å². The third-order valence-electron chi connectivity index (χ3n) is 2.68. The summed E-state index contributed by atoms with van der Waals surface area (Å²) < 4.78 is 4.59. The van der Waals surface area contributed by atoms with Gasteiger partial charge in [-0.15, -0.1) is 0 Å². The van der Waals surface area contributed by atoms with E-state index in [1.54, 1.807) is 0 Å². The van der Waals surface area contributed by atoms with Crippen molar-refractivity contribution in [2.24, 2.45) is 0 Å². The topological polar surface area (TPSA) is 122 Å². The van der Waals surface area contributed by atoms with E-state index in [1.807, 2.05) is 0 Å². The maximum absolute atomic E-state index is 11.5. The van der Waals surface area contributed by atoms with Crippen LogP contribution in [0.2, 0.25) is 0 Å². The molecule has 21 heavy (non-hydrogen) atoms. The smallest absolute Gasteiger partial charge is 0.328 e. The molecular weight excluding hydrogens is 280 g/mol. The molecule has 2 amide bonds. The first-order chi connectivity index (χ1) is 9.86. The molecule has 0 aliphatic heterocycles. The average Bonchev–Trinajstić information content (AvgIpc) is 2.42. The van der Waals surface area contributed by atoms with E-state index in [0.717, 1.165) is 0 Å². The largest absolute Gasteiger partial charge is 0.481 e. The van der Waals surface area contributed by atoms with Crippen LogP contribution in [-0.2, 0) is 23.9 Å². The molecule has 0 aromatic rings. The number of esters is 1. The van der Waals surface area contributed by atoms with E-state index in [4.69, 9.17) is 5.11 Å². The summed E-state index contributed by atoms with van der Waals surface area (Å²) in [6.07, 6.45) is 1.17. The fourth-order valence-corrected chi connectivity index (χ4v) is 1.62. The molecule has 1 unspecified atom stereocenters. The number of methoxy groups -OCH3 is 1. The van der Waals surface area contributed by atoms with Crippen molar-refractivity contribution in [1.29, 1.82) is 0 Å². The van der Waals surface area contributed by atoms with Crippen LogP contribution in [-0.4, -0.2) is 48.6 Å². The number of hydrogen-bond acceptors (Lipinski definition) is 5. The van der Waals surface area contributed by atoms with Gasteiger partial charge in [-0.3, -0.25) is 14.4 Å². The van der Waals surface area contributed by atoms with E-state index >= 15 is 0 Å². The second kappa shape index (κ2) is 10.6. The van der Waals surface area contributed by atoms with Gasteiger partial charge in [-0.25, -0.2) is 4.79 Å². The zero-order chi connectivity index (χ0) is 16.3. The Morgan fingerprint density at radius 1 is 1.14 bits per heavy atom. The Morgan fingerprint density at radius 2 is 1.81 bits per heavy atom. The van der Waals surface area contributed by atoms with Crippen LogP contribution in [0.15, 0.2) is 0 Å². The lowest BCUT2D eigenvalue weighted by atomic mass is 10.1. The zero-order valence-electron chi connectivity index (χ0n) is 12.3. The Morgan fingerprint density at radius 3 is 2.33 bits per heavy atom. The number of nitrogens with one attached hydrogen (secondary N) is 2. The number of carboxylic acids is 1. The third kappa shape index (κ3) is 10.3. The Bertz CT molecular complexity index is 383. The molecule has 0 fully saturated rings. The minimum absolute atomic E-state index is 0.124. The van der Waals surface area contributed by atoms with E-state index < -0.39 is 23.9 Å². The van der Waals surface area contributed by atoms with E-state index in [2.05, 4.69) is 15.4 Å². The van der Waals surface area contributed by atoms with Crippen molar-refractivity contribution in [3.63, 3.8) is 0 Å². The first-order valence-electron chi connectivity index (χ1n) is 6.70. The number of amides is 2. The highest BCUT2D eigenvalue weighted by molar-refractivity contribution is 5.86. The predicted octanol–water partition coefficient (Wildman–Crippen LogP) is -0.185. The molecule has 8 heteroatoms. The van der Waals surface area contributed by atoms with Crippen LogP contribution in [0.1, 0.15) is 39.0 Å². The van der Waals surface area contributed by atoms with Crippen LogP contribution in [0.4, 0.5) is 0 Å². The number of hydrogen-bond donors (Lipinski definition) is 3. The maximum Gasteiger partial charge on any atom is 0.328 e. The summed E-state index contributed by atoms with van der Waals surface area (Å²) in [5.41, 5.74) is 0. The minimum atomic E-state index is -1.07. The van der Waals surface area contributed by atoms with Gasteiger partial charge < -0.3 is 20.5 Å². The molecule has 0 saturated carbocycles. The van der Waals surface area contributed by atoms with Gasteiger partial charge >= 0.3 is 11.9 Å². The van der Waals surface area contributed by atoms with Gasteiger partial charge in [0.15, 0.2) is 0 Å². The van der Waals surface area contributed by atoms with Gasteiger partial charge in [0.2, 0.25) is 11.8 Å². The number of ether oxygens (including phenoxy) is 1. The Labute approximate surface area is 123 Å². The number of carbonyl (C=O) groups excluding carboxylic acids is 3. The molecule has 3 N–H and O–H groups in total. The first-order valence-corrected chi connectivity index (χ1v) is 6.70. The second-order valence-corrected chi connectivity index (χ2v) is 4.52. The molecule has 0 spiro atoms. The summed E-state index contributed by atoms with van der Waals surface area (Å²) in [7, 11) is 1.22. The van der Waals surface area contributed by atoms with Crippen molar-refractivity contribution >= 4 is 23.8 Å². The van der Waals surface area contributed by atoms with Crippen molar-refractivity contribution < 1.29 is 29.0 Å². The van der Waals surface area contributed by atoms with Crippen molar-refractivity contribution in [3.05, 3.63) is 0 Å². The molecule has 1 atom stereocenters. The van der Waals surface area contributed by atoms with E-state index in [-0.39, 0.29) is 18.7 Å². The zero-order valence-corrected chi connectivity index (χ0v) is 12.3. The van der Waals surface area contributed by atoms with Crippen LogP contribution in [0.25, 0.3) is 0 Å². The van der Waals surface area contributed by atoms with Gasteiger partial charge in [0.1, 0.15) is 6.04 Å². The molecule has 0 radical (unpaired) electrons. The van der Waals surface area contributed by atoms with Crippen molar-refractivity contribution in [2.45, 2.75) is 45.1 Å². The molecular formula is C13H22N2O6. The normalized spacial score (nSPS) is 11.3. The number of unbranched alkanes of at least 4 members (excludes halogenated alkanes) is 1. The minimum Gasteiger partial charge on any atom is -0.481 e. The molecule has 8 nitrogen and oxygen atoms in total. The lowest BCUT2D eigenvalue weighted by Crippen LogP contribution is -2.41. The van der Waals surface area contributed by atoms with E-state index in [0.29, 0.717) is 25.8 Å². The van der Waals surface area contributed by atoms with Gasteiger partial charge in [-0.2, -0.15) is 0 Å². The summed E-state index contributed by atoms with van der Waals surface area (Å²) in [6, 6.07) is -0.798. The highest BCUT2D eigenvalue weighted by Gasteiger charge is 2.21. The molecule has 0 heterocycles. The van der Waals surface area contributed by atoms with Crippen molar-refractivity contribution in [3.8, 4) is 0 Å². The first kappa shape index (κ1) is 18.9. The standard InChI is InChI=1S/C13H22N2O6/c1-9(16)14-8-4-3-5-10(13(20)21-2)15-11(17)6-7-12(18)19/h10H,3-8H2,1-2H3,(H,14,16)(H,15,17)(H,18,19). The Balaban J connectivity index is 4.14. The van der Waals surface area contributed by atoms with Crippen LogP contribution < -0.4 is 10.6 Å². The number of rotatable bonds is 10. The van der Waals surface area contributed by atoms with Gasteiger partial charge in [0, 0.05) is 19.9 Å². The fraction of sp³-hybridized carbons (Fsp3) is 0.692. The quantitative estimate of drug-likeness (QED) is 0.380. The van der Waals surface area contributed by atoms with E-state index in [1.165, 1.54) is 14.0 Å². The van der Waals surface area contributed by atoms with Gasteiger partial charge in [0.25, 0.3) is 0 Å². The molecule has 0 saturated heterocycles. The van der Waals surface area contributed by atoms with E-state index in [9.17, 15) is 19.2 Å². The molecule has 0 aromatic heterocycles. The Kier molecular flexibility index (Phi) is 9.57. The van der Waals surface area contributed by atoms with Crippen LogP contribution in [0.5, 0.6) is 0 Å². The highest BCUT2D eigenvalue weighted by atomic mass is 16.5. The lowest BCUT2D eigenvalue weighted by Gasteiger charge is -2.16. The van der Waals surface area contributed by atoms with Gasteiger partial charge in [-0.1, -0.05) is 0 Å². The fourth-order valence-electron chi connectivity index (χ4n) is 1.62. The molecule has 0 aromatic carbocycles. The summed E-state index contributed by atoms with van der Waals surface area (Å²) in [5, 5.41) is 13.6. The van der Waals surface area contributed by atoms with Crippen LogP contribution in [0, 0.1) is 0 Å². The summed E-state index contributed by atoms with van der Waals surface area (Å²) in [4.78, 5) is 44.1. The molecule has 120 valence electrons. The summed E-state index contributed by atoms with van der Waals surface area (Å²) in [5.74, 6) is -2.27. The molecule has 0 bridgehead atoms. The van der Waals surface area contributed by atoms with Crippen molar-refractivity contribution in [1.82, 2.24) is 10.6 Å². The number of carboxylic acid groups (broad SMARTS) is 1. The molecule has 0 aliphatic rings. The second-order valence-electron chi connectivity index (χ2n) is 4.52. The van der Waals surface area contributed by atoms with Crippen LogP contribution in [0.3, 0.4) is 0 Å². The predicted molar refractivity (Wildman–Crippen MR) is 73.4 cm³/mol. The van der Waals surface area contributed by atoms with Gasteiger partial charge in [-0.05, 0) is 19.3 Å². The molecule has 0 rings (SSSR count). The average molecular weight is 302 g/mol. The summed E-state index contributed by atoms with van der Waals surface area (Å²) in [6.45, 7) is 1.91. The summed E-state index contributed by atoms with van der Waals surface area (Å²) >= 11 is 0. The maximum atomic E-state index is 11.5. The van der Waals surface area contributed by atoms with Gasteiger partial charge in [0.05, 0.1) is 13.5 Å². The highest BCUT2D eigenvalue weighted by Crippen LogP contribution is 2.04. The SMILES string of the molecule is COC(=O)C(CCCCNC(C)=O)NC(=O)CCC(=O)O. The third-order valence-corrected chi connectivity index (χ3v) is 2.68. The lowest BCUT2D eigenvalue weighted by molar-refractivity contribution is -0.145. The van der Waals surface area contributed by atoms with Crippen molar-refractivity contribution in [2.75, 3.05) is 13.7 Å². The number of aliphatic carboxylic acids is 1. The monoisotopic (exact) mass is 302 g/mol. The molecule has 0 aliphatic carbocycles. The number of carbonyl (C=O) groups is 4.